The molecular weight excluding hydrogens is 282 g/mol. The van der Waals surface area contributed by atoms with E-state index < -0.39 is 0 Å². The first kappa shape index (κ1) is 11.1. The van der Waals surface area contributed by atoms with Crippen LogP contribution in [0.3, 0.4) is 0 Å². The molecule has 1 aromatic rings. The molecule has 0 unspecified atom stereocenters. The van der Waals surface area contributed by atoms with Crippen LogP contribution in [-0.4, -0.2) is 19.8 Å². The predicted octanol–water partition coefficient (Wildman–Crippen LogP) is 2.29. The first-order chi connectivity index (χ1) is 8.33. The topological polar surface area (TPSA) is 44.5 Å². The first-order valence-electron chi connectivity index (χ1n) is 5.82. The Morgan fingerprint density at radius 2 is 1.82 bits per heavy atom. The summed E-state index contributed by atoms with van der Waals surface area (Å²) in [6.45, 7) is 2.04. The predicted molar refractivity (Wildman–Crippen MR) is 70.6 cm³/mol. The van der Waals surface area contributed by atoms with Gasteiger partial charge in [0.05, 0.1) is 17.7 Å². The van der Waals surface area contributed by atoms with Gasteiger partial charge in [-0.25, -0.2) is 0 Å². The highest BCUT2D eigenvalue weighted by Gasteiger charge is 2.29. The number of rotatable bonds is 2. The summed E-state index contributed by atoms with van der Waals surface area (Å²) in [6.07, 6.45) is 5.90. The number of ether oxygens (including phenoxy) is 2. The lowest BCUT2D eigenvalue weighted by Gasteiger charge is -2.12. The fourth-order valence-corrected chi connectivity index (χ4v) is 3.18. The van der Waals surface area contributed by atoms with Crippen molar-refractivity contribution in [3.8, 4) is 11.5 Å². The number of nitrogens with two attached hydrogens (primary N) is 1. The van der Waals surface area contributed by atoms with Gasteiger partial charge >= 0.3 is 0 Å². The third-order valence-electron chi connectivity index (χ3n) is 3.20. The molecule has 1 aromatic carbocycles. The van der Waals surface area contributed by atoms with E-state index >= 15 is 0 Å². The zero-order valence-electron chi connectivity index (χ0n) is 9.46. The first-order valence-corrected chi connectivity index (χ1v) is 6.61. The maximum absolute atomic E-state index is 5.76. The minimum atomic E-state index is 0.542. The minimum Gasteiger partial charge on any atom is -0.492 e. The number of hydrogen-bond acceptors (Lipinski definition) is 3. The Morgan fingerprint density at radius 3 is 2.59 bits per heavy atom. The number of halogens is 1. The van der Waals surface area contributed by atoms with Gasteiger partial charge < -0.3 is 15.2 Å². The van der Waals surface area contributed by atoms with Gasteiger partial charge in [-0.15, -0.1) is 0 Å². The summed E-state index contributed by atoms with van der Waals surface area (Å²) >= 11 is 3.63. The van der Waals surface area contributed by atoms with Crippen molar-refractivity contribution in [3.63, 3.8) is 0 Å². The SMILES string of the molecule is NC/C=C/c1c2c(c(Br)c3c1OCC3)OCC2. The van der Waals surface area contributed by atoms with Crippen molar-refractivity contribution < 1.29 is 9.47 Å². The van der Waals surface area contributed by atoms with E-state index in [1.54, 1.807) is 0 Å². The second kappa shape index (κ2) is 4.35. The van der Waals surface area contributed by atoms with Crippen molar-refractivity contribution in [2.24, 2.45) is 5.73 Å². The van der Waals surface area contributed by atoms with E-state index in [4.69, 9.17) is 15.2 Å². The van der Waals surface area contributed by atoms with Crippen molar-refractivity contribution in [3.05, 3.63) is 27.2 Å². The van der Waals surface area contributed by atoms with Crippen LogP contribution in [0, 0.1) is 0 Å². The van der Waals surface area contributed by atoms with E-state index in [9.17, 15) is 0 Å². The van der Waals surface area contributed by atoms with Crippen molar-refractivity contribution in [2.45, 2.75) is 12.8 Å². The van der Waals surface area contributed by atoms with Crippen LogP contribution in [0.15, 0.2) is 10.5 Å². The molecule has 3 nitrogen and oxygen atoms in total. The molecule has 17 heavy (non-hydrogen) atoms. The Bertz CT molecular complexity index is 462. The molecule has 2 aliphatic rings. The van der Waals surface area contributed by atoms with Crippen molar-refractivity contribution in [1.82, 2.24) is 0 Å². The molecule has 0 amide bonds. The summed E-state index contributed by atoms with van der Waals surface area (Å²) in [7, 11) is 0. The average molecular weight is 296 g/mol. The Labute approximate surface area is 109 Å². The summed E-state index contributed by atoms with van der Waals surface area (Å²) < 4.78 is 12.5. The van der Waals surface area contributed by atoms with Gasteiger partial charge in [-0.3, -0.25) is 0 Å². The van der Waals surface area contributed by atoms with Crippen LogP contribution in [-0.2, 0) is 12.8 Å². The van der Waals surface area contributed by atoms with Crippen molar-refractivity contribution >= 4 is 22.0 Å². The fraction of sp³-hybridized carbons (Fsp3) is 0.385. The lowest BCUT2D eigenvalue weighted by molar-refractivity contribution is 0.354. The molecule has 0 fully saturated rings. The van der Waals surface area contributed by atoms with Crippen molar-refractivity contribution in [2.75, 3.05) is 19.8 Å². The van der Waals surface area contributed by atoms with Gasteiger partial charge in [0.2, 0.25) is 0 Å². The van der Waals surface area contributed by atoms with Gasteiger partial charge in [0.1, 0.15) is 11.5 Å². The summed E-state index contributed by atoms with van der Waals surface area (Å²) in [5.41, 5.74) is 9.14. The number of hydrogen-bond donors (Lipinski definition) is 1. The molecular formula is C13H14BrNO2. The lowest BCUT2D eigenvalue weighted by atomic mass is 9.99. The molecule has 3 rings (SSSR count). The summed E-state index contributed by atoms with van der Waals surface area (Å²) in [4.78, 5) is 0. The molecule has 2 N–H and O–H groups in total. The Hall–Kier alpha value is -1.00. The van der Waals surface area contributed by atoms with Gasteiger partial charge in [-0.2, -0.15) is 0 Å². The van der Waals surface area contributed by atoms with E-state index in [0.717, 1.165) is 47.6 Å². The maximum atomic E-state index is 5.76. The highest BCUT2D eigenvalue weighted by Crippen LogP contribution is 2.47. The quantitative estimate of drug-likeness (QED) is 0.910. The molecule has 0 radical (unpaired) electrons. The van der Waals surface area contributed by atoms with Crippen LogP contribution < -0.4 is 15.2 Å². The average Bonchev–Trinajstić information content (AvgIpc) is 2.97. The second-order valence-corrected chi connectivity index (χ2v) is 4.97. The summed E-state index contributed by atoms with van der Waals surface area (Å²) in [6, 6.07) is 0. The van der Waals surface area contributed by atoms with Gasteiger partial charge in [0.25, 0.3) is 0 Å². The van der Waals surface area contributed by atoms with Gasteiger partial charge in [0.15, 0.2) is 0 Å². The smallest absolute Gasteiger partial charge is 0.137 e. The summed E-state index contributed by atoms with van der Waals surface area (Å²) in [5.74, 6) is 2.00. The Morgan fingerprint density at radius 1 is 1.12 bits per heavy atom. The van der Waals surface area contributed by atoms with Crippen LogP contribution >= 0.6 is 15.9 Å². The molecule has 0 spiro atoms. The molecule has 0 aromatic heterocycles. The van der Waals surface area contributed by atoms with E-state index in [0.29, 0.717) is 6.54 Å². The molecule has 2 heterocycles. The van der Waals surface area contributed by atoms with Crippen LogP contribution in [0.4, 0.5) is 0 Å². The monoisotopic (exact) mass is 295 g/mol. The summed E-state index contributed by atoms with van der Waals surface area (Å²) in [5, 5.41) is 0. The van der Waals surface area contributed by atoms with E-state index in [1.165, 1.54) is 11.1 Å². The van der Waals surface area contributed by atoms with E-state index in [-0.39, 0.29) is 0 Å². The van der Waals surface area contributed by atoms with Gasteiger partial charge in [-0.05, 0) is 15.9 Å². The van der Waals surface area contributed by atoms with Crippen molar-refractivity contribution in [1.29, 1.82) is 0 Å². The maximum Gasteiger partial charge on any atom is 0.137 e. The van der Waals surface area contributed by atoms with Crippen LogP contribution in [0.25, 0.3) is 6.08 Å². The van der Waals surface area contributed by atoms with E-state index in [2.05, 4.69) is 22.0 Å². The highest BCUT2D eigenvalue weighted by molar-refractivity contribution is 9.10. The normalized spacial score (nSPS) is 16.8. The molecule has 4 heteroatoms. The van der Waals surface area contributed by atoms with Crippen LogP contribution in [0.5, 0.6) is 11.5 Å². The second-order valence-electron chi connectivity index (χ2n) is 4.18. The molecule has 0 aliphatic carbocycles. The number of benzene rings is 1. The molecule has 0 saturated heterocycles. The van der Waals surface area contributed by atoms with Gasteiger partial charge in [0, 0.05) is 36.1 Å². The Kier molecular flexibility index (Phi) is 2.84. The fourth-order valence-electron chi connectivity index (χ4n) is 2.45. The zero-order valence-corrected chi connectivity index (χ0v) is 11.0. The molecule has 0 saturated carbocycles. The molecule has 0 atom stereocenters. The van der Waals surface area contributed by atoms with Crippen LogP contribution in [0.2, 0.25) is 0 Å². The van der Waals surface area contributed by atoms with Gasteiger partial charge in [-0.1, -0.05) is 12.2 Å². The molecule has 2 aliphatic heterocycles. The zero-order chi connectivity index (χ0) is 11.8. The standard InChI is InChI=1S/C13H14BrNO2/c14-11-10-4-7-16-12(10)8(2-1-5-15)9-3-6-17-13(9)11/h1-2H,3-7,15H2/b2-1+. The molecule has 0 bridgehead atoms. The third kappa shape index (κ3) is 1.67. The lowest BCUT2D eigenvalue weighted by Crippen LogP contribution is -1.95. The van der Waals surface area contributed by atoms with Crippen LogP contribution in [0.1, 0.15) is 16.7 Å². The van der Waals surface area contributed by atoms with E-state index in [1.807, 2.05) is 6.08 Å². The highest BCUT2D eigenvalue weighted by atomic mass is 79.9. The number of fused-ring (bicyclic) bond motifs is 2. The minimum absolute atomic E-state index is 0.542. The third-order valence-corrected chi connectivity index (χ3v) is 4.04. The largest absolute Gasteiger partial charge is 0.492 e. The molecule has 90 valence electrons. The Balaban J connectivity index is 2.22.